The maximum absolute atomic E-state index is 12.7. The minimum Gasteiger partial charge on any atom is -0.296 e. The topological polar surface area (TPSA) is 92.3 Å². The Morgan fingerprint density at radius 2 is 1.63 bits per heavy atom. The molecule has 0 aliphatic carbocycles. The molecule has 0 unspecified atom stereocenters. The number of benzene rings is 2. The molecular formula is C20H19BrN4O3S2. The Balaban J connectivity index is 1.45. The second-order valence-corrected chi connectivity index (χ2v) is 10.7. The zero-order chi connectivity index (χ0) is 21.1. The van der Waals surface area contributed by atoms with Gasteiger partial charge in [0.15, 0.2) is 0 Å². The molecule has 0 bridgehead atoms. The summed E-state index contributed by atoms with van der Waals surface area (Å²) in [6, 6.07) is 13.6. The quantitative estimate of drug-likeness (QED) is 0.553. The summed E-state index contributed by atoms with van der Waals surface area (Å²) in [7, 11) is -3.52. The monoisotopic (exact) mass is 506 g/mol. The predicted molar refractivity (Wildman–Crippen MR) is 120 cm³/mol. The summed E-state index contributed by atoms with van der Waals surface area (Å²) in [6.07, 6.45) is 2.81. The van der Waals surface area contributed by atoms with Gasteiger partial charge in [0.1, 0.15) is 5.01 Å². The Hall–Kier alpha value is -2.14. The van der Waals surface area contributed by atoms with E-state index in [0.29, 0.717) is 28.8 Å². The summed E-state index contributed by atoms with van der Waals surface area (Å²) in [4.78, 5) is 12.7. The Morgan fingerprint density at radius 1 is 0.967 bits per heavy atom. The van der Waals surface area contributed by atoms with E-state index in [0.717, 1.165) is 29.3 Å². The first-order valence-electron chi connectivity index (χ1n) is 9.44. The van der Waals surface area contributed by atoms with Crippen molar-refractivity contribution >= 4 is 48.3 Å². The van der Waals surface area contributed by atoms with Gasteiger partial charge < -0.3 is 0 Å². The van der Waals surface area contributed by atoms with Crippen molar-refractivity contribution in [2.75, 3.05) is 18.4 Å². The van der Waals surface area contributed by atoms with Crippen molar-refractivity contribution in [3.63, 3.8) is 0 Å². The maximum atomic E-state index is 12.7. The van der Waals surface area contributed by atoms with Crippen molar-refractivity contribution in [1.82, 2.24) is 14.5 Å². The minimum atomic E-state index is -3.52. The highest BCUT2D eigenvalue weighted by atomic mass is 79.9. The Bertz CT molecular complexity index is 1140. The molecule has 1 fully saturated rings. The molecule has 1 saturated heterocycles. The average molecular weight is 507 g/mol. The number of piperidine rings is 1. The minimum absolute atomic E-state index is 0.203. The van der Waals surface area contributed by atoms with Gasteiger partial charge in [0, 0.05) is 28.7 Å². The summed E-state index contributed by atoms with van der Waals surface area (Å²) in [5, 5.41) is 11.9. The summed E-state index contributed by atoms with van der Waals surface area (Å²) >= 11 is 4.66. The maximum Gasteiger partial charge on any atom is 0.257 e. The van der Waals surface area contributed by atoms with Crippen molar-refractivity contribution in [1.29, 1.82) is 0 Å². The molecule has 30 heavy (non-hydrogen) atoms. The molecule has 7 nitrogen and oxygen atoms in total. The average Bonchev–Trinajstić information content (AvgIpc) is 3.23. The molecule has 3 aromatic rings. The zero-order valence-corrected chi connectivity index (χ0v) is 19.1. The van der Waals surface area contributed by atoms with E-state index in [1.165, 1.54) is 39.9 Å². The summed E-state index contributed by atoms with van der Waals surface area (Å²) in [5.74, 6) is -0.365. The normalized spacial score (nSPS) is 15.1. The molecule has 0 saturated carbocycles. The first-order chi connectivity index (χ1) is 14.4. The molecule has 4 rings (SSSR count). The number of carbonyl (C=O) groups excluding carboxylic acids is 1. The summed E-state index contributed by atoms with van der Waals surface area (Å²) < 4.78 is 27.9. The zero-order valence-electron chi connectivity index (χ0n) is 15.9. The fraction of sp³-hybridized carbons (Fsp3) is 0.250. The number of sulfonamides is 1. The first-order valence-corrected chi connectivity index (χ1v) is 12.5. The molecule has 2 aromatic carbocycles. The molecule has 1 N–H and O–H groups in total. The number of aromatic nitrogens is 2. The van der Waals surface area contributed by atoms with Crippen LogP contribution in [0.4, 0.5) is 5.13 Å². The first kappa shape index (κ1) is 21.1. The van der Waals surface area contributed by atoms with Crippen LogP contribution < -0.4 is 5.32 Å². The molecule has 1 aromatic heterocycles. The van der Waals surface area contributed by atoms with Gasteiger partial charge in [-0.05, 0) is 49.2 Å². The molecule has 1 aliphatic heterocycles. The van der Waals surface area contributed by atoms with Gasteiger partial charge >= 0.3 is 0 Å². The van der Waals surface area contributed by atoms with Crippen LogP contribution in [-0.2, 0) is 10.0 Å². The smallest absolute Gasteiger partial charge is 0.257 e. The van der Waals surface area contributed by atoms with E-state index >= 15 is 0 Å². The van der Waals surface area contributed by atoms with Crippen LogP contribution in [-0.4, -0.2) is 41.9 Å². The molecule has 0 spiro atoms. The lowest BCUT2D eigenvalue weighted by molar-refractivity contribution is 0.102. The number of anilines is 1. The number of carbonyl (C=O) groups is 1. The molecule has 2 heterocycles. The highest BCUT2D eigenvalue weighted by Gasteiger charge is 2.26. The van der Waals surface area contributed by atoms with Crippen molar-refractivity contribution in [3.05, 3.63) is 58.6 Å². The van der Waals surface area contributed by atoms with Crippen LogP contribution >= 0.6 is 27.3 Å². The number of rotatable bonds is 5. The van der Waals surface area contributed by atoms with Gasteiger partial charge in [-0.15, -0.1) is 10.2 Å². The molecular weight excluding hydrogens is 488 g/mol. The van der Waals surface area contributed by atoms with Gasteiger partial charge in [-0.1, -0.05) is 45.8 Å². The fourth-order valence-electron chi connectivity index (χ4n) is 3.18. The Labute approximate surface area is 187 Å². The largest absolute Gasteiger partial charge is 0.296 e. The van der Waals surface area contributed by atoms with Gasteiger partial charge in [-0.25, -0.2) is 8.42 Å². The van der Waals surface area contributed by atoms with E-state index in [-0.39, 0.29) is 10.8 Å². The number of nitrogens with zero attached hydrogens (tertiary/aromatic N) is 3. The number of amides is 1. The number of nitrogens with one attached hydrogen (secondary N) is 1. The second kappa shape index (κ2) is 8.93. The van der Waals surface area contributed by atoms with Crippen molar-refractivity contribution in [3.8, 4) is 10.6 Å². The fourth-order valence-corrected chi connectivity index (χ4v) is 5.71. The van der Waals surface area contributed by atoms with Crippen LogP contribution in [0.3, 0.4) is 0 Å². The van der Waals surface area contributed by atoms with E-state index in [1.54, 1.807) is 0 Å². The van der Waals surface area contributed by atoms with Crippen LogP contribution in [0.5, 0.6) is 0 Å². The Morgan fingerprint density at radius 3 is 2.30 bits per heavy atom. The summed E-state index contributed by atoms with van der Waals surface area (Å²) in [5.41, 5.74) is 1.26. The lowest BCUT2D eigenvalue weighted by Gasteiger charge is -2.25. The predicted octanol–water partition coefficient (Wildman–Crippen LogP) is 4.39. The van der Waals surface area contributed by atoms with E-state index < -0.39 is 10.0 Å². The molecule has 0 atom stereocenters. The highest BCUT2D eigenvalue weighted by Crippen LogP contribution is 2.28. The van der Waals surface area contributed by atoms with Gasteiger partial charge in [0.25, 0.3) is 5.91 Å². The van der Waals surface area contributed by atoms with E-state index in [9.17, 15) is 13.2 Å². The third kappa shape index (κ3) is 4.61. The molecule has 10 heteroatoms. The standard InChI is InChI=1S/C20H19BrN4O3S2/c21-16-8-4-15(5-9-16)19-23-24-20(29-19)22-18(26)14-6-10-17(11-7-14)30(27,28)25-12-2-1-3-13-25/h4-11H,1-3,12-13H2,(H,22,24,26). The third-order valence-corrected chi connectivity index (χ3v) is 8.14. The van der Waals surface area contributed by atoms with Crippen LogP contribution in [0.1, 0.15) is 29.6 Å². The van der Waals surface area contributed by atoms with Crippen molar-refractivity contribution in [2.45, 2.75) is 24.2 Å². The second-order valence-electron chi connectivity index (χ2n) is 6.86. The summed E-state index contributed by atoms with van der Waals surface area (Å²) in [6.45, 7) is 1.09. The van der Waals surface area contributed by atoms with Gasteiger partial charge in [-0.2, -0.15) is 4.31 Å². The van der Waals surface area contributed by atoms with Gasteiger partial charge in [0.05, 0.1) is 4.90 Å². The molecule has 1 aliphatic rings. The molecule has 156 valence electrons. The lowest BCUT2D eigenvalue weighted by Crippen LogP contribution is -2.35. The van der Waals surface area contributed by atoms with Crippen LogP contribution in [0.2, 0.25) is 0 Å². The van der Waals surface area contributed by atoms with E-state index in [2.05, 4.69) is 31.4 Å². The van der Waals surface area contributed by atoms with Crippen LogP contribution in [0.25, 0.3) is 10.6 Å². The highest BCUT2D eigenvalue weighted by molar-refractivity contribution is 9.10. The number of halogens is 1. The van der Waals surface area contributed by atoms with Crippen molar-refractivity contribution < 1.29 is 13.2 Å². The van der Waals surface area contributed by atoms with Gasteiger partial charge in [-0.3, -0.25) is 10.1 Å². The van der Waals surface area contributed by atoms with Crippen LogP contribution in [0, 0.1) is 0 Å². The van der Waals surface area contributed by atoms with E-state index in [1.807, 2.05) is 24.3 Å². The molecule has 1 amide bonds. The van der Waals surface area contributed by atoms with E-state index in [4.69, 9.17) is 0 Å². The van der Waals surface area contributed by atoms with Crippen molar-refractivity contribution in [2.24, 2.45) is 0 Å². The number of hydrogen-bond donors (Lipinski definition) is 1. The molecule has 0 radical (unpaired) electrons. The Kier molecular flexibility index (Phi) is 6.28. The SMILES string of the molecule is O=C(Nc1nnc(-c2ccc(Br)cc2)s1)c1ccc(S(=O)(=O)N2CCCCC2)cc1. The third-order valence-electron chi connectivity index (χ3n) is 4.81. The van der Waals surface area contributed by atoms with Crippen LogP contribution in [0.15, 0.2) is 57.9 Å². The number of hydrogen-bond acceptors (Lipinski definition) is 6. The lowest BCUT2D eigenvalue weighted by atomic mass is 10.2. The van der Waals surface area contributed by atoms with Gasteiger partial charge in [0.2, 0.25) is 15.2 Å².